The molecule has 0 spiro atoms. The van der Waals surface area contributed by atoms with Gasteiger partial charge in [-0.1, -0.05) is 6.92 Å². The first-order chi connectivity index (χ1) is 3.77. The Labute approximate surface area is 77.1 Å². The predicted octanol–water partition coefficient (Wildman–Crippen LogP) is -4.26. The maximum absolute atomic E-state index is 9.70. The molecular weight excluding hydrogens is 129 g/mol. The molecule has 0 aromatic rings. The molecule has 0 aliphatic heterocycles. The average Bonchev–Trinajstić information content (AvgIpc) is 1.66. The molecule has 0 saturated carbocycles. The van der Waals surface area contributed by atoms with Gasteiger partial charge in [0, 0.05) is 6.54 Å². The van der Waals surface area contributed by atoms with Crippen molar-refractivity contribution in [1.82, 2.24) is 5.32 Å². The second-order valence-electron chi connectivity index (χ2n) is 1.55. The molecule has 0 aliphatic rings. The number of hydrogen-bond donors (Lipinski definition) is 1. The van der Waals surface area contributed by atoms with E-state index in [1.54, 1.807) is 0 Å². The molecule has 0 atom stereocenters. The number of nitrogens with one attached hydrogen (secondary N) is 1. The Morgan fingerprint density at radius 2 is 2.22 bits per heavy atom. The zero-order valence-electron chi connectivity index (χ0n) is 5.94. The van der Waals surface area contributed by atoms with Crippen molar-refractivity contribution in [3.8, 4) is 0 Å². The number of hydrogen-bond acceptors (Lipinski definition) is 3. The van der Waals surface area contributed by atoms with E-state index in [9.17, 15) is 9.90 Å². The minimum Gasteiger partial charge on any atom is -0.549 e. The molecule has 0 bridgehead atoms. The number of carbonyl (C=O) groups is 1. The van der Waals surface area contributed by atoms with Crippen molar-refractivity contribution < 1.29 is 39.5 Å². The quantitative estimate of drug-likeness (QED) is 0.317. The van der Waals surface area contributed by atoms with Crippen LogP contribution in [0.25, 0.3) is 0 Å². The molecule has 3 nitrogen and oxygen atoms in total. The second-order valence-corrected chi connectivity index (χ2v) is 1.55. The van der Waals surface area contributed by atoms with Crippen molar-refractivity contribution in [3.05, 3.63) is 0 Å². The van der Waals surface area contributed by atoms with Crippen molar-refractivity contribution in [3.63, 3.8) is 0 Å². The summed E-state index contributed by atoms with van der Waals surface area (Å²) < 4.78 is 0. The van der Waals surface area contributed by atoms with Gasteiger partial charge in [0.25, 0.3) is 0 Å². The molecule has 0 amide bonds. The van der Waals surface area contributed by atoms with Crippen LogP contribution in [0.15, 0.2) is 0 Å². The summed E-state index contributed by atoms with van der Waals surface area (Å²) in [5.74, 6) is -1.04. The number of rotatable bonds is 4. The van der Waals surface area contributed by atoms with E-state index in [-0.39, 0.29) is 36.1 Å². The summed E-state index contributed by atoms with van der Waals surface area (Å²) in [5.41, 5.74) is 0. The zero-order chi connectivity index (χ0) is 6.41. The summed E-state index contributed by atoms with van der Waals surface area (Å²) in [6.45, 7) is 2.68. The van der Waals surface area contributed by atoms with Crippen molar-refractivity contribution in [2.24, 2.45) is 0 Å². The van der Waals surface area contributed by atoms with Crippen LogP contribution in [0.2, 0.25) is 0 Å². The largest absolute Gasteiger partial charge is 1.00 e. The summed E-state index contributed by atoms with van der Waals surface area (Å²) in [4.78, 5) is 9.70. The smallest absolute Gasteiger partial charge is 0.549 e. The van der Waals surface area contributed by atoms with Gasteiger partial charge in [0.1, 0.15) is 0 Å². The molecule has 48 valence electrons. The van der Waals surface area contributed by atoms with Gasteiger partial charge in [0.05, 0.1) is 5.97 Å². The van der Waals surface area contributed by atoms with Crippen molar-refractivity contribution in [1.29, 1.82) is 0 Å². The first-order valence-corrected chi connectivity index (χ1v) is 2.68. The van der Waals surface area contributed by atoms with Crippen molar-refractivity contribution in [2.45, 2.75) is 13.3 Å². The van der Waals surface area contributed by atoms with Crippen LogP contribution in [-0.4, -0.2) is 19.1 Å². The van der Waals surface area contributed by atoms with E-state index < -0.39 is 5.97 Å². The monoisotopic (exact) mass is 139 g/mol. The molecular formula is C5H10NNaO2. The van der Waals surface area contributed by atoms with E-state index in [4.69, 9.17) is 0 Å². The Bertz CT molecular complexity index is 77.4. The fourth-order valence-corrected chi connectivity index (χ4v) is 0.367. The van der Waals surface area contributed by atoms with Gasteiger partial charge in [-0.15, -0.1) is 0 Å². The summed E-state index contributed by atoms with van der Waals surface area (Å²) in [5, 5.41) is 12.4. The van der Waals surface area contributed by atoms with Gasteiger partial charge in [0.15, 0.2) is 0 Å². The molecule has 1 N–H and O–H groups in total. The molecule has 0 fully saturated rings. The standard InChI is InChI=1S/C5H11NO2.Na/c1-2-3-6-4-5(7)8;/h6H,2-4H2,1H3,(H,7,8);/q;+1/p-1. The van der Waals surface area contributed by atoms with Crippen LogP contribution in [0.3, 0.4) is 0 Å². The Morgan fingerprint density at radius 3 is 2.56 bits per heavy atom. The average molecular weight is 139 g/mol. The topological polar surface area (TPSA) is 52.2 Å². The van der Waals surface area contributed by atoms with E-state index in [0.29, 0.717) is 0 Å². The third kappa shape index (κ3) is 11.8. The van der Waals surface area contributed by atoms with Gasteiger partial charge in [0.2, 0.25) is 0 Å². The van der Waals surface area contributed by atoms with Gasteiger partial charge < -0.3 is 15.2 Å². The van der Waals surface area contributed by atoms with E-state index in [1.807, 2.05) is 6.92 Å². The van der Waals surface area contributed by atoms with Crippen LogP contribution in [0, 0.1) is 0 Å². The van der Waals surface area contributed by atoms with Gasteiger partial charge in [-0.25, -0.2) is 0 Å². The maximum atomic E-state index is 9.70. The molecule has 0 saturated heterocycles. The summed E-state index contributed by atoms with van der Waals surface area (Å²) in [6, 6.07) is 0. The third-order valence-corrected chi connectivity index (χ3v) is 0.696. The number of carboxylic acids is 1. The van der Waals surface area contributed by atoms with Crippen LogP contribution in [0.4, 0.5) is 0 Å². The van der Waals surface area contributed by atoms with Gasteiger partial charge in [-0.3, -0.25) is 0 Å². The molecule has 0 aromatic carbocycles. The Balaban J connectivity index is 0. The Hall–Kier alpha value is 0.430. The van der Waals surface area contributed by atoms with E-state index in [0.717, 1.165) is 13.0 Å². The van der Waals surface area contributed by atoms with Crippen LogP contribution < -0.4 is 40.0 Å². The number of carboxylic acid groups (broad SMARTS) is 1. The van der Waals surface area contributed by atoms with Gasteiger partial charge in [-0.05, 0) is 13.0 Å². The first kappa shape index (κ1) is 12.1. The van der Waals surface area contributed by atoms with Crippen molar-refractivity contribution in [2.75, 3.05) is 13.1 Å². The SMILES string of the molecule is CCCNCC(=O)[O-].[Na+]. The molecule has 0 aliphatic carbocycles. The number of aliphatic carboxylic acids is 1. The second kappa shape index (κ2) is 8.43. The minimum absolute atomic E-state index is 0. The predicted molar refractivity (Wildman–Crippen MR) is 28.2 cm³/mol. The van der Waals surface area contributed by atoms with Gasteiger partial charge >= 0.3 is 29.6 Å². The van der Waals surface area contributed by atoms with Gasteiger partial charge in [-0.2, -0.15) is 0 Å². The van der Waals surface area contributed by atoms with E-state index in [2.05, 4.69) is 5.32 Å². The molecule has 0 unspecified atom stereocenters. The van der Waals surface area contributed by atoms with Crippen molar-refractivity contribution >= 4 is 5.97 Å². The molecule has 4 heteroatoms. The Morgan fingerprint density at radius 1 is 1.67 bits per heavy atom. The number of carbonyl (C=O) groups excluding carboxylic acids is 1. The molecule has 0 aromatic heterocycles. The van der Waals surface area contributed by atoms with Crippen LogP contribution in [-0.2, 0) is 4.79 Å². The third-order valence-electron chi connectivity index (χ3n) is 0.696. The maximum Gasteiger partial charge on any atom is 1.00 e. The van der Waals surface area contributed by atoms with Crippen LogP contribution >= 0.6 is 0 Å². The van der Waals surface area contributed by atoms with E-state index >= 15 is 0 Å². The van der Waals surface area contributed by atoms with Crippen LogP contribution in [0.1, 0.15) is 13.3 Å². The minimum atomic E-state index is -1.04. The molecule has 0 rings (SSSR count). The molecule has 0 heterocycles. The summed E-state index contributed by atoms with van der Waals surface area (Å²) in [6.07, 6.45) is 0.952. The molecule has 0 radical (unpaired) electrons. The zero-order valence-corrected chi connectivity index (χ0v) is 7.94. The van der Waals surface area contributed by atoms with Crippen LogP contribution in [0.5, 0.6) is 0 Å². The fourth-order valence-electron chi connectivity index (χ4n) is 0.367. The molecule has 9 heavy (non-hydrogen) atoms. The first-order valence-electron chi connectivity index (χ1n) is 2.68. The Kier molecular flexibility index (Phi) is 11.4. The normalized spacial score (nSPS) is 8.11. The fraction of sp³-hybridized carbons (Fsp3) is 0.800. The summed E-state index contributed by atoms with van der Waals surface area (Å²) >= 11 is 0. The summed E-state index contributed by atoms with van der Waals surface area (Å²) in [7, 11) is 0. The van der Waals surface area contributed by atoms with E-state index in [1.165, 1.54) is 0 Å².